The zero-order valence-corrected chi connectivity index (χ0v) is 11.9. The van der Waals surface area contributed by atoms with Crippen LogP contribution in [0.2, 0.25) is 0 Å². The summed E-state index contributed by atoms with van der Waals surface area (Å²) in [4.78, 5) is 11.2. The van der Waals surface area contributed by atoms with Crippen LogP contribution in [-0.4, -0.2) is 19.1 Å². The van der Waals surface area contributed by atoms with Crippen LogP contribution < -0.4 is 5.32 Å². The van der Waals surface area contributed by atoms with Gasteiger partial charge in [-0.1, -0.05) is 45.0 Å². The Bertz CT molecular complexity index is 390. The van der Waals surface area contributed by atoms with E-state index in [1.807, 2.05) is 0 Å². The van der Waals surface area contributed by atoms with Gasteiger partial charge in [0.2, 0.25) is 0 Å². The first kappa shape index (κ1) is 14.7. The van der Waals surface area contributed by atoms with Gasteiger partial charge in [0.15, 0.2) is 0 Å². The maximum atomic E-state index is 11.2. The highest BCUT2D eigenvalue weighted by molar-refractivity contribution is 5.75. The highest BCUT2D eigenvalue weighted by Crippen LogP contribution is 2.22. The van der Waals surface area contributed by atoms with Gasteiger partial charge >= 0.3 is 5.97 Å². The van der Waals surface area contributed by atoms with E-state index in [1.54, 1.807) is 6.92 Å². The molecule has 0 aliphatic rings. The van der Waals surface area contributed by atoms with E-state index in [0.717, 1.165) is 0 Å². The molecule has 1 rings (SSSR count). The highest BCUT2D eigenvalue weighted by atomic mass is 16.5. The van der Waals surface area contributed by atoms with E-state index in [9.17, 15) is 4.79 Å². The molecule has 18 heavy (non-hydrogen) atoms. The molecule has 1 N–H and O–H groups in total. The Labute approximate surface area is 110 Å². The minimum absolute atomic E-state index is 0.172. The molecule has 0 aromatic heterocycles. The smallest absolute Gasteiger partial charge is 0.322 e. The molecule has 0 spiro atoms. The van der Waals surface area contributed by atoms with E-state index in [0.29, 0.717) is 6.54 Å². The summed E-state index contributed by atoms with van der Waals surface area (Å²) in [5.41, 5.74) is 2.65. The lowest BCUT2D eigenvalue weighted by atomic mass is 9.87. The maximum Gasteiger partial charge on any atom is 0.322 e. The first-order chi connectivity index (χ1) is 8.34. The van der Waals surface area contributed by atoms with Gasteiger partial charge in [0, 0.05) is 6.54 Å². The summed E-state index contributed by atoms with van der Waals surface area (Å²) in [6.45, 7) is 9.05. The van der Waals surface area contributed by atoms with E-state index >= 15 is 0 Å². The third-order valence-corrected chi connectivity index (χ3v) is 2.99. The minimum atomic E-state index is -0.280. The molecule has 0 bridgehead atoms. The van der Waals surface area contributed by atoms with E-state index in [-0.39, 0.29) is 17.4 Å². The third-order valence-electron chi connectivity index (χ3n) is 2.99. The van der Waals surface area contributed by atoms with Crippen molar-refractivity contribution in [1.82, 2.24) is 5.32 Å². The second-order valence-electron chi connectivity index (χ2n) is 5.57. The molecule has 3 heteroatoms. The number of methoxy groups -OCH3 is 1. The fourth-order valence-electron chi connectivity index (χ4n) is 1.65. The fourth-order valence-corrected chi connectivity index (χ4v) is 1.65. The maximum absolute atomic E-state index is 11.2. The first-order valence-corrected chi connectivity index (χ1v) is 6.25. The van der Waals surface area contributed by atoms with Crippen molar-refractivity contribution in [3.63, 3.8) is 0 Å². The average molecular weight is 249 g/mol. The van der Waals surface area contributed by atoms with Gasteiger partial charge in [-0.15, -0.1) is 0 Å². The number of rotatable bonds is 4. The third kappa shape index (κ3) is 4.15. The number of carbonyl (C=O) groups excluding carboxylic acids is 1. The molecule has 0 saturated carbocycles. The predicted octanol–water partition coefficient (Wildman–Crippen LogP) is 2.64. The summed E-state index contributed by atoms with van der Waals surface area (Å²) >= 11 is 0. The van der Waals surface area contributed by atoms with E-state index in [2.05, 4.69) is 55.1 Å². The molecular weight excluding hydrogens is 226 g/mol. The van der Waals surface area contributed by atoms with Crippen LogP contribution in [0.4, 0.5) is 0 Å². The van der Waals surface area contributed by atoms with E-state index in [1.165, 1.54) is 18.2 Å². The highest BCUT2D eigenvalue weighted by Gasteiger charge is 2.14. The molecule has 0 aliphatic heterocycles. The van der Waals surface area contributed by atoms with Crippen molar-refractivity contribution in [3.05, 3.63) is 35.4 Å². The van der Waals surface area contributed by atoms with Gasteiger partial charge in [-0.25, -0.2) is 0 Å². The van der Waals surface area contributed by atoms with E-state index < -0.39 is 0 Å². The van der Waals surface area contributed by atoms with Gasteiger partial charge in [0.05, 0.1) is 7.11 Å². The van der Waals surface area contributed by atoms with Gasteiger partial charge in [0.25, 0.3) is 0 Å². The first-order valence-electron chi connectivity index (χ1n) is 6.25. The molecule has 1 atom stereocenters. The second kappa shape index (κ2) is 6.01. The molecule has 0 fully saturated rings. The Balaban J connectivity index is 2.57. The summed E-state index contributed by atoms with van der Waals surface area (Å²) < 4.78 is 4.66. The Kier molecular flexibility index (Phi) is 4.91. The average Bonchev–Trinajstić information content (AvgIpc) is 2.34. The van der Waals surface area contributed by atoms with Crippen molar-refractivity contribution in [2.45, 2.75) is 45.7 Å². The number of hydrogen-bond donors (Lipinski definition) is 1. The van der Waals surface area contributed by atoms with Crippen molar-refractivity contribution in [1.29, 1.82) is 0 Å². The van der Waals surface area contributed by atoms with Crippen LogP contribution in [-0.2, 0) is 21.5 Å². The van der Waals surface area contributed by atoms with Crippen LogP contribution in [0.3, 0.4) is 0 Å². The van der Waals surface area contributed by atoms with Crippen LogP contribution in [0.5, 0.6) is 0 Å². The molecule has 1 aromatic carbocycles. The quantitative estimate of drug-likeness (QED) is 0.834. The van der Waals surface area contributed by atoms with Crippen molar-refractivity contribution < 1.29 is 9.53 Å². The molecule has 0 radical (unpaired) electrons. The van der Waals surface area contributed by atoms with Gasteiger partial charge < -0.3 is 10.1 Å². The number of carbonyl (C=O) groups is 1. The summed E-state index contributed by atoms with van der Waals surface area (Å²) in [6.07, 6.45) is 0. The second-order valence-corrected chi connectivity index (χ2v) is 5.57. The lowest BCUT2D eigenvalue weighted by molar-refractivity contribution is -0.142. The van der Waals surface area contributed by atoms with Crippen molar-refractivity contribution in [2.75, 3.05) is 7.11 Å². The zero-order chi connectivity index (χ0) is 13.8. The summed E-state index contributed by atoms with van der Waals surface area (Å²) in [5.74, 6) is -0.235. The Morgan fingerprint density at radius 1 is 1.28 bits per heavy atom. The van der Waals surface area contributed by atoms with Crippen LogP contribution >= 0.6 is 0 Å². The van der Waals surface area contributed by atoms with Gasteiger partial charge in [-0.2, -0.15) is 0 Å². The van der Waals surface area contributed by atoms with Gasteiger partial charge in [0.1, 0.15) is 6.04 Å². The molecule has 1 aromatic rings. The molecule has 3 nitrogen and oxygen atoms in total. The number of esters is 1. The van der Waals surface area contributed by atoms with Crippen LogP contribution in [0.1, 0.15) is 38.8 Å². The summed E-state index contributed by atoms with van der Waals surface area (Å²) in [6, 6.07) is 8.19. The Hall–Kier alpha value is -1.35. The van der Waals surface area contributed by atoms with E-state index in [4.69, 9.17) is 0 Å². The largest absolute Gasteiger partial charge is 0.468 e. The lowest BCUT2D eigenvalue weighted by Gasteiger charge is -2.19. The molecule has 0 heterocycles. The van der Waals surface area contributed by atoms with Crippen molar-refractivity contribution in [2.24, 2.45) is 0 Å². The zero-order valence-electron chi connectivity index (χ0n) is 11.9. The Morgan fingerprint density at radius 3 is 2.28 bits per heavy atom. The van der Waals surface area contributed by atoms with Gasteiger partial charge in [-0.3, -0.25) is 4.79 Å². The van der Waals surface area contributed by atoms with Crippen molar-refractivity contribution >= 4 is 5.97 Å². The predicted molar refractivity (Wildman–Crippen MR) is 73.5 cm³/mol. The summed E-state index contributed by atoms with van der Waals surface area (Å²) in [7, 11) is 1.40. The number of hydrogen-bond acceptors (Lipinski definition) is 3. The van der Waals surface area contributed by atoms with Crippen molar-refractivity contribution in [3.8, 4) is 0 Å². The monoisotopic (exact) mass is 249 g/mol. The topological polar surface area (TPSA) is 38.3 Å². The standard InChI is InChI=1S/C15H23NO2/c1-11(14(17)18-5)16-10-12-6-8-13(9-7-12)15(2,3)4/h6-9,11,16H,10H2,1-5H3/t11-/m0/s1. The molecule has 0 saturated heterocycles. The van der Waals surface area contributed by atoms with Crippen LogP contribution in [0.25, 0.3) is 0 Å². The minimum Gasteiger partial charge on any atom is -0.468 e. The Morgan fingerprint density at radius 2 is 1.83 bits per heavy atom. The molecule has 0 unspecified atom stereocenters. The SMILES string of the molecule is COC(=O)[C@H](C)NCc1ccc(C(C)(C)C)cc1. The lowest BCUT2D eigenvalue weighted by Crippen LogP contribution is -2.34. The van der Waals surface area contributed by atoms with Crippen LogP contribution in [0.15, 0.2) is 24.3 Å². The normalized spacial score (nSPS) is 13.2. The molecular formula is C15H23NO2. The van der Waals surface area contributed by atoms with Crippen LogP contribution in [0, 0.1) is 0 Å². The number of benzene rings is 1. The number of ether oxygens (including phenoxy) is 1. The molecule has 0 amide bonds. The fraction of sp³-hybridized carbons (Fsp3) is 0.533. The van der Waals surface area contributed by atoms with Gasteiger partial charge in [-0.05, 0) is 23.5 Å². The molecule has 100 valence electrons. The number of nitrogens with one attached hydrogen (secondary N) is 1. The molecule has 0 aliphatic carbocycles. The summed E-state index contributed by atoms with van der Waals surface area (Å²) in [5, 5.41) is 3.13.